The number of anilines is 1. The second-order valence-electron chi connectivity index (χ2n) is 9.26. The number of amides is 3. The van der Waals surface area contributed by atoms with Crippen molar-refractivity contribution in [2.24, 2.45) is 28.8 Å². The van der Waals surface area contributed by atoms with E-state index in [0.717, 1.165) is 17.0 Å². The number of nitro groups is 1. The molecule has 0 radical (unpaired) electrons. The summed E-state index contributed by atoms with van der Waals surface area (Å²) >= 11 is 0. The van der Waals surface area contributed by atoms with Gasteiger partial charge in [0, 0.05) is 17.3 Å². The Morgan fingerprint density at radius 3 is 2.41 bits per heavy atom. The molecule has 37 heavy (non-hydrogen) atoms. The number of hydrazone groups is 1. The van der Waals surface area contributed by atoms with Crippen molar-refractivity contribution in [1.82, 2.24) is 5.01 Å². The summed E-state index contributed by atoms with van der Waals surface area (Å²) in [6.07, 6.45) is 5.98. The van der Waals surface area contributed by atoms with Crippen LogP contribution in [-0.4, -0.2) is 47.6 Å². The van der Waals surface area contributed by atoms with Crippen molar-refractivity contribution >= 4 is 35.3 Å². The first-order valence-corrected chi connectivity index (χ1v) is 11.7. The molecule has 1 saturated carbocycles. The highest BCUT2D eigenvalue weighted by molar-refractivity contribution is 6.06. The van der Waals surface area contributed by atoms with Gasteiger partial charge in [0.1, 0.15) is 0 Å². The molecular weight excluding hydrogens is 480 g/mol. The number of rotatable bonds is 8. The summed E-state index contributed by atoms with van der Waals surface area (Å²) in [4.78, 5) is 49.1. The van der Waals surface area contributed by atoms with Gasteiger partial charge in [-0.2, -0.15) is 10.1 Å². The number of hydrogen-bond acceptors (Lipinski definition) is 8. The SMILES string of the molecule is COc1cc(C=NN2C(=O)[C@@H]3[C@H](C2=O)[C@H]2C=C[C@H]3C2)cc([N+](=O)[O-])c1OCC(=O)Nc1ccc(C)cc1. The van der Waals surface area contributed by atoms with Crippen LogP contribution in [0.25, 0.3) is 0 Å². The molecule has 2 bridgehead atoms. The molecule has 3 amide bonds. The van der Waals surface area contributed by atoms with Crippen molar-refractivity contribution in [3.05, 3.63) is 69.8 Å². The highest BCUT2D eigenvalue weighted by Gasteiger charge is 2.59. The number of aryl methyl sites for hydroxylation is 1. The molecule has 11 heteroatoms. The van der Waals surface area contributed by atoms with E-state index in [9.17, 15) is 24.5 Å². The lowest BCUT2D eigenvalue weighted by molar-refractivity contribution is -0.385. The van der Waals surface area contributed by atoms with Crippen molar-refractivity contribution in [2.45, 2.75) is 13.3 Å². The number of ether oxygens (including phenoxy) is 2. The van der Waals surface area contributed by atoms with Gasteiger partial charge in [-0.15, -0.1) is 0 Å². The first-order valence-electron chi connectivity index (χ1n) is 11.7. The maximum Gasteiger partial charge on any atom is 0.315 e. The number of hydrogen-bond donors (Lipinski definition) is 1. The van der Waals surface area contributed by atoms with E-state index >= 15 is 0 Å². The number of fused-ring (bicyclic) bond motifs is 5. The largest absolute Gasteiger partial charge is 0.493 e. The molecule has 4 atom stereocenters. The second-order valence-corrected chi connectivity index (χ2v) is 9.26. The van der Waals surface area contributed by atoms with E-state index < -0.39 is 35.0 Å². The van der Waals surface area contributed by atoms with Gasteiger partial charge in [-0.1, -0.05) is 29.8 Å². The molecule has 2 aromatic rings. The normalized spacial score (nSPS) is 23.6. The van der Waals surface area contributed by atoms with Crippen molar-refractivity contribution < 1.29 is 28.8 Å². The first kappa shape index (κ1) is 24.2. The fourth-order valence-electron chi connectivity index (χ4n) is 5.21. The Hall–Kier alpha value is -4.54. The van der Waals surface area contributed by atoms with Crippen LogP contribution in [0.15, 0.2) is 53.7 Å². The number of allylic oxidation sites excluding steroid dienone is 2. The molecule has 0 spiro atoms. The molecule has 1 heterocycles. The zero-order valence-electron chi connectivity index (χ0n) is 20.1. The molecule has 5 rings (SSSR count). The molecular formula is C26H24N4O7. The predicted octanol–water partition coefficient (Wildman–Crippen LogP) is 3.07. The topological polar surface area (TPSA) is 140 Å². The van der Waals surface area contributed by atoms with Crippen LogP contribution in [0.1, 0.15) is 17.5 Å². The van der Waals surface area contributed by atoms with Crippen molar-refractivity contribution in [3.8, 4) is 11.5 Å². The second kappa shape index (κ2) is 9.49. The van der Waals surface area contributed by atoms with E-state index in [2.05, 4.69) is 10.4 Å². The third-order valence-electron chi connectivity index (χ3n) is 6.93. The van der Waals surface area contributed by atoms with Crippen LogP contribution in [0.3, 0.4) is 0 Å². The molecule has 0 unspecified atom stereocenters. The van der Waals surface area contributed by atoms with E-state index in [0.29, 0.717) is 5.69 Å². The summed E-state index contributed by atoms with van der Waals surface area (Å²) in [6.45, 7) is 1.43. The zero-order valence-corrected chi connectivity index (χ0v) is 20.1. The van der Waals surface area contributed by atoms with Gasteiger partial charge in [0.15, 0.2) is 12.4 Å². The Kier molecular flexibility index (Phi) is 6.20. The Morgan fingerprint density at radius 1 is 1.16 bits per heavy atom. The molecule has 2 aliphatic carbocycles. The van der Waals surface area contributed by atoms with Gasteiger partial charge in [0.2, 0.25) is 5.75 Å². The number of nitrogens with one attached hydrogen (secondary N) is 1. The molecule has 1 N–H and O–H groups in total. The summed E-state index contributed by atoms with van der Waals surface area (Å²) < 4.78 is 10.8. The van der Waals surface area contributed by atoms with Crippen LogP contribution in [0.5, 0.6) is 11.5 Å². The lowest BCUT2D eigenvalue weighted by atomic mass is 9.85. The summed E-state index contributed by atoms with van der Waals surface area (Å²) in [6, 6.07) is 9.73. The lowest BCUT2D eigenvalue weighted by Gasteiger charge is -2.13. The zero-order chi connectivity index (χ0) is 26.3. The smallest absolute Gasteiger partial charge is 0.315 e. The van der Waals surface area contributed by atoms with Crippen molar-refractivity contribution in [2.75, 3.05) is 19.0 Å². The molecule has 2 aromatic carbocycles. The fourth-order valence-corrected chi connectivity index (χ4v) is 5.21. The van der Waals surface area contributed by atoms with Crippen LogP contribution < -0.4 is 14.8 Å². The fraction of sp³-hybridized carbons (Fsp3) is 0.308. The number of carbonyl (C=O) groups excluding carboxylic acids is 3. The van der Waals surface area contributed by atoms with Gasteiger partial charge in [-0.25, -0.2) is 0 Å². The Bertz CT molecular complexity index is 1320. The van der Waals surface area contributed by atoms with E-state index in [-0.39, 0.29) is 40.7 Å². The number of nitrogens with zero attached hydrogens (tertiary/aromatic N) is 3. The monoisotopic (exact) mass is 504 g/mol. The molecule has 1 saturated heterocycles. The minimum absolute atomic E-state index is 0.00280. The standard InChI is InChI=1S/C26H24N4O7/c1-14-3-7-18(8-4-14)28-21(31)13-37-24-19(30(34)35)9-15(10-20(24)36-2)12-27-29-25(32)22-16-5-6-17(11-16)23(22)26(29)33/h3-10,12,16-17,22-23H,11,13H2,1-2H3,(H,28,31)/t16-,17-,22-,23+/m0/s1. The van der Waals surface area contributed by atoms with Crippen LogP contribution in [-0.2, 0) is 14.4 Å². The molecule has 1 aliphatic heterocycles. The van der Waals surface area contributed by atoms with Crippen LogP contribution >= 0.6 is 0 Å². The lowest BCUT2D eigenvalue weighted by Crippen LogP contribution is -2.28. The van der Waals surface area contributed by atoms with E-state index in [1.807, 2.05) is 31.2 Å². The summed E-state index contributed by atoms with van der Waals surface area (Å²) in [7, 11) is 1.30. The number of imide groups is 1. The van der Waals surface area contributed by atoms with Gasteiger partial charge >= 0.3 is 5.69 Å². The maximum atomic E-state index is 12.8. The number of carbonyl (C=O) groups is 3. The van der Waals surface area contributed by atoms with Gasteiger partial charge in [-0.3, -0.25) is 24.5 Å². The summed E-state index contributed by atoms with van der Waals surface area (Å²) in [5.41, 5.74) is 1.36. The van der Waals surface area contributed by atoms with Gasteiger partial charge in [0.25, 0.3) is 17.7 Å². The minimum atomic E-state index is -0.674. The average Bonchev–Trinajstić information content (AvgIpc) is 3.56. The van der Waals surface area contributed by atoms with Crippen LogP contribution in [0.2, 0.25) is 0 Å². The summed E-state index contributed by atoms with van der Waals surface area (Å²) in [5.74, 6) is -2.15. The van der Waals surface area contributed by atoms with Crippen LogP contribution in [0, 0.1) is 40.7 Å². The number of nitro benzene ring substituents is 1. The molecule has 11 nitrogen and oxygen atoms in total. The summed E-state index contributed by atoms with van der Waals surface area (Å²) in [5, 5.41) is 19.4. The van der Waals surface area contributed by atoms with Gasteiger partial charge < -0.3 is 14.8 Å². The Balaban J connectivity index is 1.32. The Morgan fingerprint density at radius 2 is 1.81 bits per heavy atom. The van der Waals surface area contributed by atoms with Gasteiger partial charge in [-0.05, 0) is 43.4 Å². The van der Waals surface area contributed by atoms with Gasteiger partial charge in [0.05, 0.1) is 30.1 Å². The number of benzene rings is 2. The molecule has 0 aromatic heterocycles. The minimum Gasteiger partial charge on any atom is -0.493 e. The highest BCUT2D eigenvalue weighted by atomic mass is 16.6. The Labute approximate surface area is 211 Å². The van der Waals surface area contributed by atoms with E-state index in [1.54, 1.807) is 12.1 Å². The van der Waals surface area contributed by atoms with Crippen molar-refractivity contribution in [3.63, 3.8) is 0 Å². The van der Waals surface area contributed by atoms with Crippen LogP contribution in [0.4, 0.5) is 11.4 Å². The van der Waals surface area contributed by atoms with Crippen molar-refractivity contribution in [1.29, 1.82) is 0 Å². The number of methoxy groups -OCH3 is 1. The predicted molar refractivity (Wildman–Crippen MR) is 132 cm³/mol. The maximum absolute atomic E-state index is 12.8. The highest BCUT2D eigenvalue weighted by Crippen LogP contribution is 2.52. The molecule has 2 fully saturated rings. The molecule has 190 valence electrons. The van der Waals surface area contributed by atoms with E-state index in [4.69, 9.17) is 9.47 Å². The quantitative estimate of drug-likeness (QED) is 0.191. The molecule has 3 aliphatic rings. The van der Waals surface area contributed by atoms with E-state index in [1.165, 1.54) is 25.5 Å². The third-order valence-corrected chi connectivity index (χ3v) is 6.93. The third kappa shape index (κ3) is 4.44. The first-order chi connectivity index (χ1) is 17.8. The average molecular weight is 504 g/mol.